The van der Waals surface area contributed by atoms with Gasteiger partial charge in [-0.05, 0) is 31.0 Å². The van der Waals surface area contributed by atoms with Crippen LogP contribution in [0.2, 0.25) is 5.02 Å². The molecule has 0 spiro atoms. The summed E-state index contributed by atoms with van der Waals surface area (Å²) in [5, 5.41) is 3.38. The Balaban J connectivity index is 1.99. The molecule has 1 atom stereocenters. The van der Waals surface area contributed by atoms with Gasteiger partial charge in [-0.15, -0.1) is 0 Å². The average Bonchev–Trinajstić information content (AvgIpc) is 2.29. The summed E-state index contributed by atoms with van der Waals surface area (Å²) in [5.41, 5.74) is 0.681. The van der Waals surface area contributed by atoms with Crippen molar-refractivity contribution in [2.24, 2.45) is 5.92 Å². The van der Waals surface area contributed by atoms with Gasteiger partial charge in [-0.25, -0.2) is 0 Å². The maximum Gasteiger partial charge on any atom is 0.227 e. The van der Waals surface area contributed by atoms with E-state index in [-0.39, 0.29) is 17.6 Å². The first-order valence-electron chi connectivity index (χ1n) is 5.73. The monoisotopic (exact) mass is 251 g/mol. The average molecular weight is 252 g/mol. The van der Waals surface area contributed by atoms with Crippen LogP contribution in [-0.4, -0.2) is 11.7 Å². The lowest BCUT2D eigenvalue weighted by atomic mass is 9.88. The molecule has 1 amide bonds. The number of carbonyl (C=O) groups is 2. The minimum atomic E-state index is -0.185. The summed E-state index contributed by atoms with van der Waals surface area (Å²) in [6, 6.07) is 7.02. The Morgan fingerprint density at radius 2 is 2.24 bits per heavy atom. The molecular formula is C13H14ClNO2. The number of halogens is 1. The van der Waals surface area contributed by atoms with Crippen LogP contribution in [0.15, 0.2) is 24.3 Å². The number of nitrogens with one attached hydrogen (secondary N) is 1. The quantitative estimate of drug-likeness (QED) is 0.878. The van der Waals surface area contributed by atoms with Crippen LogP contribution in [0.5, 0.6) is 0 Å². The second-order valence-electron chi connectivity index (χ2n) is 4.33. The van der Waals surface area contributed by atoms with Gasteiger partial charge in [0.2, 0.25) is 5.91 Å². The summed E-state index contributed by atoms with van der Waals surface area (Å²) in [7, 11) is 0. The van der Waals surface area contributed by atoms with Crippen molar-refractivity contribution in [3.8, 4) is 0 Å². The maximum absolute atomic E-state index is 11.9. The lowest BCUT2D eigenvalue weighted by Crippen LogP contribution is -2.28. The van der Waals surface area contributed by atoms with Gasteiger partial charge in [0.05, 0.1) is 0 Å². The van der Waals surface area contributed by atoms with Gasteiger partial charge >= 0.3 is 0 Å². The Labute approximate surface area is 105 Å². The lowest BCUT2D eigenvalue weighted by Gasteiger charge is -2.20. The third-order valence-electron chi connectivity index (χ3n) is 2.95. The van der Waals surface area contributed by atoms with E-state index in [2.05, 4.69) is 5.32 Å². The first-order valence-corrected chi connectivity index (χ1v) is 6.11. The van der Waals surface area contributed by atoms with Crippen molar-refractivity contribution in [2.45, 2.75) is 25.7 Å². The third kappa shape index (κ3) is 3.30. The molecule has 1 aromatic rings. The minimum absolute atomic E-state index is 0.0830. The molecule has 1 aliphatic carbocycles. The number of ketones is 1. The third-order valence-corrected chi connectivity index (χ3v) is 3.18. The summed E-state index contributed by atoms with van der Waals surface area (Å²) < 4.78 is 0. The SMILES string of the molecule is O=C1CCCC(C(=O)Nc2cccc(Cl)c2)C1. The zero-order chi connectivity index (χ0) is 12.3. The van der Waals surface area contributed by atoms with E-state index in [1.54, 1.807) is 24.3 Å². The second-order valence-corrected chi connectivity index (χ2v) is 4.77. The van der Waals surface area contributed by atoms with Gasteiger partial charge in [-0.2, -0.15) is 0 Å². The highest BCUT2D eigenvalue weighted by atomic mass is 35.5. The molecule has 1 N–H and O–H groups in total. The van der Waals surface area contributed by atoms with Crippen molar-refractivity contribution >= 4 is 29.0 Å². The van der Waals surface area contributed by atoms with Crippen LogP contribution in [0.3, 0.4) is 0 Å². The summed E-state index contributed by atoms with van der Waals surface area (Å²) in [5.74, 6) is -0.0851. The molecule has 0 saturated heterocycles. The Kier molecular flexibility index (Phi) is 3.79. The van der Waals surface area contributed by atoms with E-state index >= 15 is 0 Å². The van der Waals surface area contributed by atoms with Crippen LogP contribution in [0.25, 0.3) is 0 Å². The van der Waals surface area contributed by atoms with Gasteiger partial charge in [0.25, 0.3) is 0 Å². The largest absolute Gasteiger partial charge is 0.326 e. The van der Waals surface area contributed by atoms with Crippen LogP contribution in [-0.2, 0) is 9.59 Å². The molecule has 4 heteroatoms. The van der Waals surface area contributed by atoms with Gasteiger partial charge < -0.3 is 5.32 Å². The van der Waals surface area contributed by atoms with Crippen LogP contribution >= 0.6 is 11.6 Å². The first kappa shape index (κ1) is 12.1. The normalized spacial score (nSPS) is 20.1. The van der Waals surface area contributed by atoms with E-state index in [4.69, 9.17) is 11.6 Å². The van der Waals surface area contributed by atoms with Crippen LogP contribution < -0.4 is 5.32 Å². The fraction of sp³-hybridized carbons (Fsp3) is 0.385. The number of rotatable bonds is 2. The van der Waals surface area contributed by atoms with E-state index in [1.165, 1.54) is 0 Å². The molecule has 1 fully saturated rings. The standard InChI is InChI=1S/C13H14ClNO2/c14-10-4-2-5-11(8-10)15-13(17)9-3-1-6-12(16)7-9/h2,4-5,8-9H,1,3,6-7H2,(H,15,17). The van der Waals surface area contributed by atoms with Gasteiger partial charge in [0, 0.05) is 29.5 Å². The number of benzene rings is 1. The zero-order valence-electron chi connectivity index (χ0n) is 9.41. The number of amides is 1. The minimum Gasteiger partial charge on any atom is -0.326 e. The molecular weight excluding hydrogens is 238 g/mol. The predicted molar refractivity (Wildman–Crippen MR) is 67.0 cm³/mol. The summed E-state index contributed by atoms with van der Waals surface area (Å²) in [4.78, 5) is 23.2. The molecule has 2 rings (SSSR count). The van der Waals surface area contributed by atoms with E-state index < -0.39 is 0 Å². The number of carbonyl (C=O) groups excluding carboxylic acids is 2. The molecule has 90 valence electrons. The topological polar surface area (TPSA) is 46.2 Å². The van der Waals surface area contributed by atoms with Gasteiger partial charge in [0.1, 0.15) is 5.78 Å². The van der Waals surface area contributed by atoms with E-state index in [9.17, 15) is 9.59 Å². The first-order chi connectivity index (χ1) is 8.15. The molecule has 0 aliphatic heterocycles. The number of Topliss-reactive ketones (excluding diaryl/α,β-unsaturated/α-hetero) is 1. The fourth-order valence-electron chi connectivity index (χ4n) is 2.06. The Hall–Kier alpha value is -1.35. The van der Waals surface area contributed by atoms with Crippen molar-refractivity contribution in [2.75, 3.05) is 5.32 Å². The molecule has 1 aliphatic rings. The van der Waals surface area contributed by atoms with Gasteiger partial charge in [0.15, 0.2) is 0 Å². The highest BCUT2D eigenvalue weighted by Gasteiger charge is 2.25. The van der Waals surface area contributed by atoms with Crippen LogP contribution in [0, 0.1) is 5.92 Å². The van der Waals surface area contributed by atoms with Crippen molar-refractivity contribution in [3.05, 3.63) is 29.3 Å². The molecule has 1 aromatic carbocycles. The van der Waals surface area contributed by atoms with E-state index in [0.29, 0.717) is 23.6 Å². The fourth-order valence-corrected chi connectivity index (χ4v) is 2.25. The smallest absolute Gasteiger partial charge is 0.227 e. The van der Waals surface area contributed by atoms with Crippen molar-refractivity contribution in [3.63, 3.8) is 0 Å². The van der Waals surface area contributed by atoms with Crippen LogP contribution in [0.1, 0.15) is 25.7 Å². The highest BCUT2D eigenvalue weighted by molar-refractivity contribution is 6.30. The Morgan fingerprint density at radius 3 is 2.94 bits per heavy atom. The Morgan fingerprint density at radius 1 is 1.41 bits per heavy atom. The van der Waals surface area contributed by atoms with Gasteiger partial charge in [-0.3, -0.25) is 9.59 Å². The zero-order valence-corrected chi connectivity index (χ0v) is 10.2. The summed E-state index contributed by atoms with van der Waals surface area (Å²) >= 11 is 5.83. The van der Waals surface area contributed by atoms with Gasteiger partial charge in [-0.1, -0.05) is 17.7 Å². The number of anilines is 1. The molecule has 1 saturated carbocycles. The predicted octanol–water partition coefficient (Wildman–Crippen LogP) is 3.04. The summed E-state index contributed by atoms with van der Waals surface area (Å²) in [6.45, 7) is 0. The maximum atomic E-state index is 11.9. The highest BCUT2D eigenvalue weighted by Crippen LogP contribution is 2.23. The summed E-state index contributed by atoms with van der Waals surface area (Å²) in [6.07, 6.45) is 2.58. The molecule has 0 bridgehead atoms. The molecule has 17 heavy (non-hydrogen) atoms. The van der Waals surface area contributed by atoms with Crippen molar-refractivity contribution in [1.29, 1.82) is 0 Å². The molecule has 3 nitrogen and oxygen atoms in total. The molecule has 0 radical (unpaired) electrons. The second kappa shape index (κ2) is 5.32. The van der Waals surface area contributed by atoms with E-state index in [1.807, 2.05) is 0 Å². The van der Waals surface area contributed by atoms with E-state index in [0.717, 1.165) is 12.8 Å². The molecule has 0 heterocycles. The number of hydrogen-bond acceptors (Lipinski definition) is 2. The van der Waals surface area contributed by atoms with Crippen LogP contribution in [0.4, 0.5) is 5.69 Å². The number of hydrogen-bond donors (Lipinski definition) is 1. The lowest BCUT2D eigenvalue weighted by molar-refractivity contribution is -0.128. The Bertz CT molecular complexity index is 445. The molecule has 1 unspecified atom stereocenters. The van der Waals surface area contributed by atoms with Crippen molar-refractivity contribution < 1.29 is 9.59 Å². The molecule has 0 aromatic heterocycles. The van der Waals surface area contributed by atoms with Crippen molar-refractivity contribution in [1.82, 2.24) is 0 Å².